The lowest BCUT2D eigenvalue weighted by Crippen LogP contribution is -2.59. The SMILES string of the molecule is C[C@H](O)C(=O)N1CCC2(CC1)c1nc[nH]c1CCN2S(C)(=O)=O. The lowest BCUT2D eigenvalue weighted by Gasteiger charge is -2.49. The van der Waals surface area contributed by atoms with E-state index in [1.807, 2.05) is 0 Å². The molecule has 0 radical (unpaired) electrons. The monoisotopic (exact) mass is 342 g/mol. The van der Waals surface area contributed by atoms with Crippen LogP contribution in [0, 0.1) is 0 Å². The third-order valence-electron chi connectivity index (χ3n) is 4.86. The van der Waals surface area contributed by atoms with Gasteiger partial charge in [0.05, 0.1) is 23.8 Å². The largest absolute Gasteiger partial charge is 0.384 e. The molecule has 2 aliphatic rings. The number of hydrogen-bond acceptors (Lipinski definition) is 5. The number of aliphatic hydroxyl groups excluding tert-OH is 1. The Balaban J connectivity index is 1.94. The maximum Gasteiger partial charge on any atom is 0.251 e. The van der Waals surface area contributed by atoms with Gasteiger partial charge in [0.15, 0.2) is 0 Å². The van der Waals surface area contributed by atoms with E-state index in [9.17, 15) is 18.3 Å². The van der Waals surface area contributed by atoms with Gasteiger partial charge in [0.2, 0.25) is 10.0 Å². The van der Waals surface area contributed by atoms with Gasteiger partial charge >= 0.3 is 0 Å². The van der Waals surface area contributed by atoms with Gasteiger partial charge in [0, 0.05) is 31.7 Å². The summed E-state index contributed by atoms with van der Waals surface area (Å²) in [5.41, 5.74) is 1.05. The van der Waals surface area contributed by atoms with Crippen molar-refractivity contribution in [3.63, 3.8) is 0 Å². The fourth-order valence-electron chi connectivity index (χ4n) is 3.79. The van der Waals surface area contributed by atoms with Crippen LogP contribution < -0.4 is 0 Å². The molecule has 1 amide bonds. The van der Waals surface area contributed by atoms with Gasteiger partial charge in [0.25, 0.3) is 5.91 Å². The highest BCUT2D eigenvalue weighted by molar-refractivity contribution is 7.88. The van der Waals surface area contributed by atoms with Crippen LogP contribution in [-0.2, 0) is 26.8 Å². The number of sulfonamides is 1. The Morgan fingerprint density at radius 1 is 1.39 bits per heavy atom. The van der Waals surface area contributed by atoms with Crippen molar-refractivity contribution in [2.45, 2.75) is 37.8 Å². The average molecular weight is 342 g/mol. The minimum atomic E-state index is -3.38. The molecular formula is C14H22N4O4S. The van der Waals surface area contributed by atoms with E-state index in [1.54, 1.807) is 11.2 Å². The highest BCUT2D eigenvalue weighted by Crippen LogP contribution is 2.43. The zero-order valence-corrected chi connectivity index (χ0v) is 14.1. The van der Waals surface area contributed by atoms with Crippen LogP contribution in [0.1, 0.15) is 31.2 Å². The molecule has 1 saturated heterocycles. The van der Waals surface area contributed by atoms with Crippen LogP contribution in [0.4, 0.5) is 0 Å². The van der Waals surface area contributed by atoms with Gasteiger partial charge in [-0.05, 0) is 19.8 Å². The molecule has 0 aromatic carbocycles. The molecule has 2 aliphatic heterocycles. The first kappa shape index (κ1) is 16.4. The fraction of sp³-hybridized carbons (Fsp3) is 0.714. The molecule has 0 bridgehead atoms. The Hall–Kier alpha value is -1.45. The van der Waals surface area contributed by atoms with Crippen molar-refractivity contribution in [2.24, 2.45) is 0 Å². The summed E-state index contributed by atoms with van der Waals surface area (Å²) < 4.78 is 26.1. The van der Waals surface area contributed by atoms with Crippen molar-refractivity contribution in [3.8, 4) is 0 Å². The molecule has 0 aliphatic carbocycles. The third-order valence-corrected chi connectivity index (χ3v) is 6.19. The van der Waals surface area contributed by atoms with Crippen molar-refractivity contribution in [3.05, 3.63) is 17.7 Å². The molecule has 1 aromatic rings. The van der Waals surface area contributed by atoms with E-state index in [2.05, 4.69) is 9.97 Å². The molecule has 23 heavy (non-hydrogen) atoms. The van der Waals surface area contributed by atoms with E-state index in [0.717, 1.165) is 11.4 Å². The number of hydrogen-bond donors (Lipinski definition) is 2. The van der Waals surface area contributed by atoms with Crippen LogP contribution in [0.15, 0.2) is 6.33 Å². The summed E-state index contributed by atoms with van der Waals surface area (Å²) in [4.78, 5) is 21.0. The predicted octanol–water partition coefficient (Wildman–Crippen LogP) is -0.574. The molecule has 128 valence electrons. The summed E-state index contributed by atoms with van der Waals surface area (Å²) in [5, 5.41) is 9.47. The molecule has 1 spiro atoms. The molecule has 0 saturated carbocycles. The number of amides is 1. The number of nitrogens with zero attached hydrogens (tertiary/aromatic N) is 3. The van der Waals surface area contributed by atoms with Crippen LogP contribution in [0.2, 0.25) is 0 Å². The quantitative estimate of drug-likeness (QED) is 0.748. The first-order chi connectivity index (χ1) is 10.8. The van der Waals surface area contributed by atoms with Gasteiger partial charge in [-0.25, -0.2) is 13.4 Å². The second-order valence-corrected chi connectivity index (χ2v) is 8.25. The molecule has 8 nitrogen and oxygen atoms in total. The third kappa shape index (κ3) is 2.66. The summed E-state index contributed by atoms with van der Waals surface area (Å²) >= 11 is 0. The van der Waals surface area contributed by atoms with Crippen LogP contribution >= 0.6 is 0 Å². The second-order valence-electron chi connectivity index (χ2n) is 6.35. The zero-order chi connectivity index (χ0) is 16.8. The Labute approximate surface area is 135 Å². The molecule has 9 heteroatoms. The first-order valence-corrected chi connectivity index (χ1v) is 9.58. The topological polar surface area (TPSA) is 107 Å². The second kappa shape index (κ2) is 5.57. The van der Waals surface area contributed by atoms with E-state index < -0.39 is 21.7 Å². The number of likely N-dealkylation sites (tertiary alicyclic amines) is 1. The standard InChI is InChI=1S/C14H22N4O4S/c1-10(19)13(20)17-7-4-14(5-8-17)12-11(15-9-16-12)3-6-18(14)23(2,21)22/h9-10,19H,3-8H2,1-2H3,(H,15,16)/t10-/m0/s1. The van der Waals surface area contributed by atoms with E-state index in [1.165, 1.54) is 17.5 Å². The van der Waals surface area contributed by atoms with E-state index in [0.29, 0.717) is 38.9 Å². The zero-order valence-electron chi connectivity index (χ0n) is 13.3. The summed E-state index contributed by atoms with van der Waals surface area (Å²) in [6, 6.07) is 0. The lowest BCUT2D eigenvalue weighted by atomic mass is 9.80. The lowest BCUT2D eigenvalue weighted by molar-refractivity contribution is -0.141. The van der Waals surface area contributed by atoms with Gasteiger partial charge < -0.3 is 15.0 Å². The Morgan fingerprint density at radius 2 is 2.04 bits per heavy atom. The maximum atomic E-state index is 12.3. The number of H-pyrrole nitrogens is 1. The van der Waals surface area contributed by atoms with Gasteiger partial charge in [-0.15, -0.1) is 0 Å². The van der Waals surface area contributed by atoms with Crippen LogP contribution in [0.3, 0.4) is 0 Å². The normalized spacial score (nSPS) is 22.8. The van der Waals surface area contributed by atoms with Gasteiger partial charge in [0.1, 0.15) is 6.10 Å². The van der Waals surface area contributed by atoms with Gasteiger partial charge in [-0.1, -0.05) is 0 Å². The smallest absolute Gasteiger partial charge is 0.251 e. The summed E-state index contributed by atoms with van der Waals surface area (Å²) in [6.07, 6.45) is 3.36. The number of imidazole rings is 1. The first-order valence-electron chi connectivity index (χ1n) is 7.73. The summed E-state index contributed by atoms with van der Waals surface area (Å²) in [5.74, 6) is -0.316. The fourth-order valence-corrected chi connectivity index (χ4v) is 5.12. The number of piperidine rings is 1. The van der Waals surface area contributed by atoms with Crippen molar-refractivity contribution in [2.75, 3.05) is 25.9 Å². The van der Waals surface area contributed by atoms with Crippen LogP contribution in [-0.4, -0.2) is 70.6 Å². The van der Waals surface area contributed by atoms with Crippen LogP contribution in [0.25, 0.3) is 0 Å². The Bertz CT molecular complexity index is 704. The van der Waals surface area contributed by atoms with Crippen molar-refractivity contribution in [1.82, 2.24) is 19.2 Å². The molecule has 1 atom stereocenters. The molecule has 3 rings (SSSR count). The molecule has 3 heterocycles. The van der Waals surface area contributed by atoms with Crippen LogP contribution in [0.5, 0.6) is 0 Å². The Morgan fingerprint density at radius 3 is 2.61 bits per heavy atom. The van der Waals surface area contributed by atoms with Crippen molar-refractivity contribution >= 4 is 15.9 Å². The summed E-state index contributed by atoms with van der Waals surface area (Å²) in [6.45, 7) is 2.67. The Kier molecular flexibility index (Phi) is 3.97. The van der Waals surface area contributed by atoms with Gasteiger partial charge in [-0.3, -0.25) is 4.79 Å². The number of aromatic amines is 1. The number of rotatable bonds is 2. The van der Waals surface area contributed by atoms with E-state index >= 15 is 0 Å². The summed E-state index contributed by atoms with van der Waals surface area (Å²) in [7, 11) is -3.38. The number of nitrogens with one attached hydrogen (secondary N) is 1. The minimum absolute atomic E-state index is 0.316. The van der Waals surface area contributed by atoms with Gasteiger partial charge in [-0.2, -0.15) is 4.31 Å². The number of aromatic nitrogens is 2. The minimum Gasteiger partial charge on any atom is -0.384 e. The van der Waals surface area contributed by atoms with E-state index in [4.69, 9.17) is 0 Å². The molecule has 2 N–H and O–H groups in total. The predicted molar refractivity (Wildman–Crippen MR) is 83.0 cm³/mol. The molecule has 1 aromatic heterocycles. The number of carbonyl (C=O) groups excluding carboxylic acids is 1. The molecular weight excluding hydrogens is 320 g/mol. The average Bonchev–Trinajstić information content (AvgIpc) is 2.96. The highest BCUT2D eigenvalue weighted by atomic mass is 32.2. The number of carbonyl (C=O) groups is 1. The highest BCUT2D eigenvalue weighted by Gasteiger charge is 2.50. The maximum absolute atomic E-state index is 12.3. The van der Waals surface area contributed by atoms with E-state index in [-0.39, 0.29) is 5.91 Å². The number of aliphatic hydroxyl groups is 1. The number of fused-ring (bicyclic) bond motifs is 2. The van der Waals surface area contributed by atoms with Crippen molar-refractivity contribution < 1.29 is 18.3 Å². The molecule has 0 unspecified atom stereocenters. The van der Waals surface area contributed by atoms with Crippen molar-refractivity contribution in [1.29, 1.82) is 0 Å². The molecule has 1 fully saturated rings.